The number of esters is 1. The molecule has 0 fully saturated rings. The van der Waals surface area contributed by atoms with Crippen molar-refractivity contribution >= 4 is 11.9 Å². The SMILES string of the molecule is CCCCCCCCCCCCCCCCCCCCC/C=C/C(O)C(CO)NC(=O)CCCCCCCCCCCCCCOC(=O)CCCCCCCCCCCCCCCC. The van der Waals surface area contributed by atoms with Crippen molar-refractivity contribution in [3.63, 3.8) is 0 Å². The summed E-state index contributed by atoms with van der Waals surface area (Å²) < 4.78 is 5.47. The maximum atomic E-state index is 12.5. The van der Waals surface area contributed by atoms with Crippen LogP contribution in [0.1, 0.15) is 322 Å². The highest BCUT2D eigenvalue weighted by atomic mass is 16.5. The van der Waals surface area contributed by atoms with Gasteiger partial charge in [0.25, 0.3) is 0 Å². The molecule has 0 aliphatic carbocycles. The Morgan fingerprint density at radius 1 is 0.422 bits per heavy atom. The van der Waals surface area contributed by atoms with Crippen molar-refractivity contribution in [2.24, 2.45) is 0 Å². The Kier molecular flexibility index (Phi) is 53.0. The largest absolute Gasteiger partial charge is 0.466 e. The van der Waals surface area contributed by atoms with E-state index in [4.69, 9.17) is 4.74 Å². The highest BCUT2D eigenvalue weighted by Gasteiger charge is 2.18. The van der Waals surface area contributed by atoms with E-state index in [-0.39, 0.29) is 18.5 Å². The molecule has 0 aromatic carbocycles. The molecule has 380 valence electrons. The number of ether oxygens (including phenoxy) is 1. The molecule has 6 heteroatoms. The maximum absolute atomic E-state index is 12.5. The molecular formula is C58H113NO5. The molecule has 0 saturated heterocycles. The molecule has 0 aromatic rings. The molecule has 2 unspecified atom stereocenters. The van der Waals surface area contributed by atoms with Gasteiger partial charge in [0, 0.05) is 12.8 Å². The lowest BCUT2D eigenvalue weighted by Gasteiger charge is -2.20. The Hall–Kier alpha value is -1.40. The standard InChI is InChI=1S/C58H113NO5/c1-3-5-7-9-11-13-15-17-19-20-21-22-23-24-25-26-30-34-38-42-46-50-56(61)55(54-60)59-57(62)51-47-43-39-35-31-28-29-33-37-41-45-49-53-64-58(63)52-48-44-40-36-32-27-18-16-14-12-10-8-6-4-2/h46,50,55-56,60-61H,3-45,47-49,51-54H2,1-2H3,(H,59,62)/b50-46+. The van der Waals surface area contributed by atoms with Crippen molar-refractivity contribution in [1.82, 2.24) is 5.32 Å². The average Bonchev–Trinajstić information content (AvgIpc) is 3.29. The highest BCUT2D eigenvalue weighted by Crippen LogP contribution is 2.17. The maximum Gasteiger partial charge on any atom is 0.305 e. The number of allylic oxidation sites excluding steroid dienone is 1. The van der Waals surface area contributed by atoms with Crippen molar-refractivity contribution < 1.29 is 24.5 Å². The van der Waals surface area contributed by atoms with Crippen LogP contribution in [0.5, 0.6) is 0 Å². The summed E-state index contributed by atoms with van der Waals surface area (Å²) in [4.78, 5) is 24.5. The number of carbonyl (C=O) groups is 2. The number of hydrogen-bond acceptors (Lipinski definition) is 5. The summed E-state index contributed by atoms with van der Waals surface area (Å²) in [6.45, 7) is 4.89. The lowest BCUT2D eigenvalue weighted by molar-refractivity contribution is -0.143. The first-order chi connectivity index (χ1) is 31.5. The summed E-state index contributed by atoms with van der Waals surface area (Å²) in [6, 6.07) is -0.639. The topological polar surface area (TPSA) is 95.9 Å². The quantitative estimate of drug-likeness (QED) is 0.0321. The van der Waals surface area contributed by atoms with Gasteiger partial charge in [0.05, 0.1) is 25.4 Å². The first-order valence-corrected chi connectivity index (χ1v) is 29.0. The Bertz CT molecular complexity index is 955. The van der Waals surface area contributed by atoms with Crippen molar-refractivity contribution in [3.8, 4) is 0 Å². The van der Waals surface area contributed by atoms with E-state index < -0.39 is 12.1 Å². The first kappa shape index (κ1) is 62.6. The van der Waals surface area contributed by atoms with E-state index in [9.17, 15) is 19.8 Å². The van der Waals surface area contributed by atoms with Gasteiger partial charge in [-0.05, 0) is 32.1 Å². The Morgan fingerprint density at radius 2 is 0.719 bits per heavy atom. The van der Waals surface area contributed by atoms with Crippen LogP contribution in [0.2, 0.25) is 0 Å². The van der Waals surface area contributed by atoms with Crippen molar-refractivity contribution in [2.45, 2.75) is 334 Å². The predicted octanol–water partition coefficient (Wildman–Crippen LogP) is 17.7. The number of hydrogen-bond donors (Lipinski definition) is 3. The zero-order valence-corrected chi connectivity index (χ0v) is 43.3. The summed E-state index contributed by atoms with van der Waals surface area (Å²) in [5.74, 6) is -0.0876. The molecule has 1 amide bonds. The third-order valence-corrected chi connectivity index (χ3v) is 13.6. The smallest absolute Gasteiger partial charge is 0.305 e. The van der Waals surface area contributed by atoms with Crippen LogP contribution in [0, 0.1) is 0 Å². The number of amides is 1. The minimum Gasteiger partial charge on any atom is -0.466 e. The van der Waals surface area contributed by atoms with E-state index in [0.29, 0.717) is 19.4 Å². The monoisotopic (exact) mass is 904 g/mol. The van der Waals surface area contributed by atoms with Gasteiger partial charge in [-0.25, -0.2) is 0 Å². The number of aliphatic hydroxyl groups excluding tert-OH is 2. The fourth-order valence-electron chi connectivity index (χ4n) is 9.11. The second-order valence-electron chi connectivity index (χ2n) is 20.0. The zero-order valence-electron chi connectivity index (χ0n) is 43.3. The third-order valence-electron chi connectivity index (χ3n) is 13.6. The summed E-state index contributed by atoms with van der Waals surface area (Å²) >= 11 is 0. The van der Waals surface area contributed by atoms with Gasteiger partial charge in [0.2, 0.25) is 5.91 Å². The van der Waals surface area contributed by atoms with Crippen LogP contribution in [-0.4, -0.2) is 47.4 Å². The molecule has 0 rings (SSSR count). The summed E-state index contributed by atoms with van der Waals surface area (Å²) in [6.07, 6.45) is 63.7. The molecule has 0 aliphatic rings. The third kappa shape index (κ3) is 50.0. The molecule has 0 spiro atoms. The number of nitrogens with one attached hydrogen (secondary N) is 1. The molecule has 64 heavy (non-hydrogen) atoms. The second kappa shape index (κ2) is 54.2. The molecule has 0 aromatic heterocycles. The Balaban J connectivity index is 3.48. The van der Waals surface area contributed by atoms with Crippen LogP contribution in [-0.2, 0) is 14.3 Å². The van der Waals surface area contributed by atoms with Gasteiger partial charge in [0.1, 0.15) is 0 Å². The fourth-order valence-corrected chi connectivity index (χ4v) is 9.11. The van der Waals surface area contributed by atoms with Gasteiger partial charge in [-0.15, -0.1) is 0 Å². The van der Waals surface area contributed by atoms with Crippen LogP contribution >= 0.6 is 0 Å². The number of aliphatic hydroxyl groups is 2. The summed E-state index contributed by atoms with van der Waals surface area (Å²) in [5.41, 5.74) is 0. The van der Waals surface area contributed by atoms with Gasteiger partial charge >= 0.3 is 5.97 Å². The minimum atomic E-state index is -0.854. The van der Waals surface area contributed by atoms with Crippen molar-refractivity contribution in [3.05, 3.63) is 12.2 Å². The summed E-state index contributed by atoms with van der Waals surface area (Å²) in [5, 5.41) is 23.2. The van der Waals surface area contributed by atoms with E-state index in [1.807, 2.05) is 6.08 Å². The minimum absolute atomic E-state index is 0.00769. The molecule has 0 aliphatic heterocycles. The fraction of sp³-hybridized carbons (Fsp3) is 0.931. The van der Waals surface area contributed by atoms with E-state index in [1.54, 1.807) is 6.08 Å². The molecule has 0 radical (unpaired) electrons. The zero-order chi connectivity index (χ0) is 46.5. The van der Waals surface area contributed by atoms with Crippen molar-refractivity contribution in [2.75, 3.05) is 13.2 Å². The van der Waals surface area contributed by atoms with E-state index in [1.165, 1.54) is 238 Å². The molecule has 0 bridgehead atoms. The van der Waals surface area contributed by atoms with Crippen molar-refractivity contribution in [1.29, 1.82) is 0 Å². The number of unbranched alkanes of at least 4 members (excludes halogenated alkanes) is 43. The molecule has 0 heterocycles. The Morgan fingerprint density at radius 3 is 1.06 bits per heavy atom. The number of rotatable bonds is 54. The van der Waals surface area contributed by atoms with Gasteiger partial charge in [0.15, 0.2) is 0 Å². The van der Waals surface area contributed by atoms with Crippen LogP contribution in [0.4, 0.5) is 0 Å². The van der Waals surface area contributed by atoms with Gasteiger partial charge in [-0.1, -0.05) is 289 Å². The van der Waals surface area contributed by atoms with Gasteiger partial charge < -0.3 is 20.3 Å². The lowest BCUT2D eigenvalue weighted by atomic mass is 10.0. The van der Waals surface area contributed by atoms with E-state index in [2.05, 4.69) is 19.2 Å². The molecule has 0 saturated carbocycles. The highest BCUT2D eigenvalue weighted by molar-refractivity contribution is 5.76. The van der Waals surface area contributed by atoms with Crippen LogP contribution < -0.4 is 5.32 Å². The van der Waals surface area contributed by atoms with Gasteiger partial charge in [-0.2, -0.15) is 0 Å². The van der Waals surface area contributed by atoms with E-state index >= 15 is 0 Å². The predicted molar refractivity (Wildman–Crippen MR) is 278 cm³/mol. The molecule has 3 N–H and O–H groups in total. The van der Waals surface area contributed by atoms with E-state index in [0.717, 1.165) is 57.8 Å². The molecular weight excluding hydrogens is 791 g/mol. The number of carbonyl (C=O) groups excluding carboxylic acids is 2. The second-order valence-corrected chi connectivity index (χ2v) is 20.0. The van der Waals surface area contributed by atoms with Crippen LogP contribution in [0.25, 0.3) is 0 Å². The van der Waals surface area contributed by atoms with Crippen LogP contribution in [0.3, 0.4) is 0 Å². The molecule has 6 nitrogen and oxygen atoms in total. The first-order valence-electron chi connectivity index (χ1n) is 29.0. The lowest BCUT2D eigenvalue weighted by Crippen LogP contribution is -2.45. The van der Waals surface area contributed by atoms with Gasteiger partial charge in [-0.3, -0.25) is 9.59 Å². The summed E-state index contributed by atoms with van der Waals surface area (Å²) in [7, 11) is 0. The Labute approximate surface area is 399 Å². The normalized spacial score (nSPS) is 12.6. The molecule has 2 atom stereocenters. The average molecular weight is 905 g/mol. The van der Waals surface area contributed by atoms with Crippen LogP contribution in [0.15, 0.2) is 12.2 Å².